The predicted octanol–water partition coefficient (Wildman–Crippen LogP) is 3.91. The van der Waals surface area contributed by atoms with Gasteiger partial charge in [0.15, 0.2) is 0 Å². The second-order valence-corrected chi connectivity index (χ2v) is 5.58. The van der Waals surface area contributed by atoms with Gasteiger partial charge in [-0.3, -0.25) is 4.98 Å². The van der Waals surface area contributed by atoms with Crippen LogP contribution in [-0.2, 0) is 0 Å². The summed E-state index contributed by atoms with van der Waals surface area (Å²) in [5.41, 5.74) is 2.63. The molecular weight excluding hydrogens is 252 g/mol. The maximum absolute atomic E-state index is 4.27. The highest BCUT2D eigenvalue weighted by molar-refractivity contribution is 7.10. The third-order valence-electron chi connectivity index (χ3n) is 3.48. The van der Waals surface area contributed by atoms with Gasteiger partial charge in [-0.05, 0) is 48.0 Å². The molecule has 1 N–H and O–H groups in total. The molecule has 19 heavy (non-hydrogen) atoms. The molecule has 0 saturated carbocycles. The minimum atomic E-state index is 0.230. The van der Waals surface area contributed by atoms with Crippen molar-refractivity contribution in [1.29, 1.82) is 0 Å². The zero-order valence-corrected chi connectivity index (χ0v) is 11.9. The van der Waals surface area contributed by atoms with Gasteiger partial charge >= 0.3 is 0 Å². The Morgan fingerprint density at radius 1 is 1.21 bits per heavy atom. The SMILES string of the molecule is CNC(c1sccc1C)c1cccc2ccncc12. The Kier molecular flexibility index (Phi) is 3.32. The predicted molar refractivity (Wildman–Crippen MR) is 81.7 cm³/mol. The van der Waals surface area contributed by atoms with Gasteiger partial charge in [0.25, 0.3) is 0 Å². The van der Waals surface area contributed by atoms with Gasteiger partial charge < -0.3 is 5.32 Å². The van der Waals surface area contributed by atoms with Gasteiger partial charge in [0, 0.05) is 22.7 Å². The van der Waals surface area contributed by atoms with Crippen molar-refractivity contribution in [3.8, 4) is 0 Å². The molecule has 2 heterocycles. The van der Waals surface area contributed by atoms with Crippen LogP contribution in [0.25, 0.3) is 10.8 Å². The van der Waals surface area contributed by atoms with E-state index in [9.17, 15) is 0 Å². The molecule has 3 heteroatoms. The lowest BCUT2D eigenvalue weighted by Crippen LogP contribution is -2.17. The van der Waals surface area contributed by atoms with E-state index in [1.807, 2.05) is 19.4 Å². The van der Waals surface area contributed by atoms with Crippen LogP contribution in [0.4, 0.5) is 0 Å². The Labute approximate surface area is 117 Å². The first kappa shape index (κ1) is 12.3. The number of nitrogens with one attached hydrogen (secondary N) is 1. The van der Waals surface area contributed by atoms with Gasteiger partial charge in [-0.1, -0.05) is 18.2 Å². The zero-order valence-electron chi connectivity index (χ0n) is 11.1. The molecule has 1 aromatic carbocycles. The smallest absolute Gasteiger partial charge is 0.0677 e. The number of thiophene rings is 1. The fourth-order valence-electron chi connectivity index (χ4n) is 2.50. The van der Waals surface area contributed by atoms with Crippen molar-refractivity contribution in [3.63, 3.8) is 0 Å². The number of nitrogens with zero attached hydrogens (tertiary/aromatic N) is 1. The fourth-order valence-corrected chi connectivity index (χ4v) is 3.55. The van der Waals surface area contributed by atoms with Crippen LogP contribution in [0.15, 0.2) is 48.1 Å². The molecule has 0 saturated heterocycles. The first-order chi connectivity index (χ1) is 9.31. The Morgan fingerprint density at radius 2 is 2.11 bits per heavy atom. The minimum Gasteiger partial charge on any atom is -0.309 e. The van der Waals surface area contributed by atoms with Crippen molar-refractivity contribution in [3.05, 3.63) is 64.1 Å². The number of fused-ring (bicyclic) bond motifs is 1. The van der Waals surface area contributed by atoms with E-state index >= 15 is 0 Å². The molecule has 1 atom stereocenters. The molecule has 3 aromatic rings. The van der Waals surface area contributed by atoms with E-state index in [0.717, 1.165) is 0 Å². The molecule has 0 fully saturated rings. The molecule has 3 rings (SSSR count). The lowest BCUT2D eigenvalue weighted by molar-refractivity contribution is 0.705. The van der Waals surface area contributed by atoms with Crippen molar-refractivity contribution >= 4 is 22.1 Å². The van der Waals surface area contributed by atoms with Crippen LogP contribution in [0, 0.1) is 6.92 Å². The molecule has 0 amide bonds. The Balaban J connectivity index is 2.20. The van der Waals surface area contributed by atoms with Crippen molar-refractivity contribution in [1.82, 2.24) is 10.3 Å². The van der Waals surface area contributed by atoms with Crippen molar-refractivity contribution in [2.75, 3.05) is 7.05 Å². The molecule has 0 radical (unpaired) electrons. The number of aryl methyl sites for hydroxylation is 1. The van der Waals surface area contributed by atoms with Gasteiger partial charge in [-0.2, -0.15) is 0 Å². The topological polar surface area (TPSA) is 24.9 Å². The summed E-state index contributed by atoms with van der Waals surface area (Å²) in [7, 11) is 2.01. The minimum absolute atomic E-state index is 0.230. The van der Waals surface area contributed by atoms with Gasteiger partial charge in [0.1, 0.15) is 0 Å². The van der Waals surface area contributed by atoms with Crippen molar-refractivity contribution < 1.29 is 0 Å². The number of hydrogen-bond donors (Lipinski definition) is 1. The van der Waals surface area contributed by atoms with Crippen molar-refractivity contribution in [2.24, 2.45) is 0 Å². The number of hydrogen-bond acceptors (Lipinski definition) is 3. The van der Waals surface area contributed by atoms with E-state index in [1.54, 1.807) is 11.3 Å². The van der Waals surface area contributed by atoms with E-state index in [4.69, 9.17) is 0 Å². The number of rotatable bonds is 3. The van der Waals surface area contributed by atoms with Crippen LogP contribution < -0.4 is 5.32 Å². The second-order valence-electron chi connectivity index (χ2n) is 4.63. The zero-order chi connectivity index (χ0) is 13.2. The summed E-state index contributed by atoms with van der Waals surface area (Å²) in [4.78, 5) is 5.64. The molecule has 0 aliphatic carbocycles. The maximum Gasteiger partial charge on any atom is 0.0677 e. The molecule has 1 unspecified atom stereocenters. The van der Waals surface area contributed by atoms with Crippen LogP contribution in [0.1, 0.15) is 22.0 Å². The van der Waals surface area contributed by atoms with Crippen LogP contribution in [-0.4, -0.2) is 12.0 Å². The van der Waals surface area contributed by atoms with E-state index in [2.05, 4.69) is 52.9 Å². The summed E-state index contributed by atoms with van der Waals surface area (Å²) >= 11 is 1.80. The maximum atomic E-state index is 4.27. The molecule has 0 bridgehead atoms. The lowest BCUT2D eigenvalue weighted by atomic mass is 9.98. The van der Waals surface area contributed by atoms with Gasteiger partial charge in [0.05, 0.1) is 6.04 Å². The van der Waals surface area contributed by atoms with Crippen LogP contribution in [0.2, 0.25) is 0 Å². The Morgan fingerprint density at radius 3 is 2.84 bits per heavy atom. The molecule has 96 valence electrons. The highest BCUT2D eigenvalue weighted by Crippen LogP contribution is 2.32. The first-order valence-corrected chi connectivity index (χ1v) is 7.23. The van der Waals surface area contributed by atoms with E-state index in [0.29, 0.717) is 0 Å². The Hall–Kier alpha value is -1.71. The average Bonchev–Trinajstić information content (AvgIpc) is 2.86. The van der Waals surface area contributed by atoms with E-state index in [1.165, 1.54) is 26.8 Å². The average molecular weight is 268 g/mol. The summed E-state index contributed by atoms with van der Waals surface area (Å²) in [6.07, 6.45) is 3.80. The van der Waals surface area contributed by atoms with Crippen LogP contribution in [0.5, 0.6) is 0 Å². The van der Waals surface area contributed by atoms with Crippen LogP contribution >= 0.6 is 11.3 Å². The number of benzene rings is 1. The number of aromatic nitrogens is 1. The first-order valence-electron chi connectivity index (χ1n) is 6.35. The van der Waals surface area contributed by atoms with E-state index < -0.39 is 0 Å². The fraction of sp³-hybridized carbons (Fsp3) is 0.188. The third kappa shape index (κ3) is 2.15. The summed E-state index contributed by atoms with van der Waals surface area (Å²) in [5.74, 6) is 0. The van der Waals surface area contributed by atoms with Gasteiger partial charge in [0.2, 0.25) is 0 Å². The molecular formula is C16H16N2S. The molecule has 0 aliphatic rings. The molecule has 2 nitrogen and oxygen atoms in total. The molecule has 2 aromatic heterocycles. The lowest BCUT2D eigenvalue weighted by Gasteiger charge is -2.18. The van der Waals surface area contributed by atoms with Gasteiger partial charge in [-0.25, -0.2) is 0 Å². The largest absolute Gasteiger partial charge is 0.309 e. The second kappa shape index (κ2) is 5.11. The standard InChI is InChI=1S/C16H16N2S/c1-11-7-9-19-16(11)15(17-2)13-5-3-4-12-6-8-18-10-14(12)13/h3-10,15,17H,1-2H3. The molecule has 0 spiro atoms. The van der Waals surface area contributed by atoms with Gasteiger partial charge in [-0.15, -0.1) is 11.3 Å². The monoisotopic (exact) mass is 268 g/mol. The normalized spacial score (nSPS) is 12.7. The van der Waals surface area contributed by atoms with Crippen LogP contribution in [0.3, 0.4) is 0 Å². The number of pyridine rings is 1. The summed E-state index contributed by atoms with van der Waals surface area (Å²) < 4.78 is 0. The third-order valence-corrected chi connectivity index (χ3v) is 4.56. The highest BCUT2D eigenvalue weighted by Gasteiger charge is 2.17. The molecule has 0 aliphatic heterocycles. The Bertz CT molecular complexity index is 697. The van der Waals surface area contributed by atoms with Crippen molar-refractivity contribution in [2.45, 2.75) is 13.0 Å². The highest BCUT2D eigenvalue weighted by atomic mass is 32.1. The summed E-state index contributed by atoms with van der Waals surface area (Å²) in [5, 5.41) is 8.05. The quantitative estimate of drug-likeness (QED) is 0.779. The summed E-state index contributed by atoms with van der Waals surface area (Å²) in [6, 6.07) is 10.9. The van der Waals surface area contributed by atoms with E-state index in [-0.39, 0.29) is 6.04 Å². The summed E-state index contributed by atoms with van der Waals surface area (Å²) in [6.45, 7) is 2.17.